The van der Waals surface area contributed by atoms with Gasteiger partial charge in [-0.3, -0.25) is 4.79 Å². The minimum atomic E-state index is -3.66. The topological polar surface area (TPSA) is 96.0 Å². The SMILES string of the molecule is CCOC(=O)c1ccc(S(=O)(=O)N2CCC(C(=O)NCCCCN3CCCCC3C)CC2)cc1. The second-order valence-corrected chi connectivity index (χ2v) is 11.2. The Labute approximate surface area is 204 Å². The molecule has 2 saturated heterocycles. The van der Waals surface area contributed by atoms with Crippen LogP contribution in [0.4, 0.5) is 0 Å². The van der Waals surface area contributed by atoms with E-state index in [9.17, 15) is 18.0 Å². The van der Waals surface area contributed by atoms with Crippen molar-refractivity contribution < 1.29 is 22.7 Å². The van der Waals surface area contributed by atoms with Crippen molar-refractivity contribution in [2.75, 3.05) is 39.3 Å². The number of hydrogen-bond acceptors (Lipinski definition) is 6. The Hall–Kier alpha value is -1.97. The van der Waals surface area contributed by atoms with Crippen LogP contribution < -0.4 is 5.32 Å². The summed E-state index contributed by atoms with van der Waals surface area (Å²) < 4.78 is 32.3. The number of carbonyl (C=O) groups excluding carboxylic acids is 2. The van der Waals surface area contributed by atoms with Gasteiger partial charge in [0.2, 0.25) is 15.9 Å². The van der Waals surface area contributed by atoms with Crippen molar-refractivity contribution in [3.05, 3.63) is 29.8 Å². The van der Waals surface area contributed by atoms with E-state index in [-0.39, 0.29) is 23.3 Å². The predicted octanol–water partition coefficient (Wildman–Crippen LogP) is 3.03. The van der Waals surface area contributed by atoms with Gasteiger partial charge in [0.15, 0.2) is 0 Å². The molecule has 1 aromatic carbocycles. The molecular formula is C25H39N3O5S. The molecule has 34 heavy (non-hydrogen) atoms. The fourth-order valence-electron chi connectivity index (χ4n) is 4.77. The Morgan fingerprint density at radius 2 is 1.74 bits per heavy atom. The van der Waals surface area contributed by atoms with Crippen molar-refractivity contribution in [2.24, 2.45) is 5.92 Å². The highest BCUT2D eigenvalue weighted by molar-refractivity contribution is 7.89. The molecule has 1 amide bonds. The molecule has 0 aromatic heterocycles. The second kappa shape index (κ2) is 12.7. The molecule has 9 heteroatoms. The predicted molar refractivity (Wildman–Crippen MR) is 131 cm³/mol. The summed E-state index contributed by atoms with van der Waals surface area (Å²) in [5, 5.41) is 3.04. The van der Waals surface area contributed by atoms with Crippen LogP contribution in [0, 0.1) is 5.92 Å². The minimum Gasteiger partial charge on any atom is -0.462 e. The molecule has 0 aliphatic carbocycles. The van der Waals surface area contributed by atoms with Crippen molar-refractivity contribution in [2.45, 2.75) is 69.7 Å². The Bertz CT molecular complexity index is 911. The van der Waals surface area contributed by atoms with Gasteiger partial charge in [-0.15, -0.1) is 0 Å². The molecule has 1 N–H and O–H groups in total. The number of carbonyl (C=O) groups is 2. The lowest BCUT2D eigenvalue weighted by molar-refractivity contribution is -0.126. The minimum absolute atomic E-state index is 0.0298. The van der Waals surface area contributed by atoms with Gasteiger partial charge in [-0.1, -0.05) is 6.42 Å². The second-order valence-electron chi connectivity index (χ2n) is 9.30. The van der Waals surface area contributed by atoms with Crippen molar-refractivity contribution in [3.8, 4) is 0 Å². The van der Waals surface area contributed by atoms with Crippen LogP contribution in [-0.2, 0) is 19.6 Å². The number of ether oxygens (including phenoxy) is 1. The molecule has 2 fully saturated rings. The normalized spacial score (nSPS) is 20.7. The van der Waals surface area contributed by atoms with Gasteiger partial charge in [0, 0.05) is 31.6 Å². The summed E-state index contributed by atoms with van der Waals surface area (Å²) in [6.45, 7) is 7.85. The molecule has 1 unspecified atom stereocenters. The maximum absolute atomic E-state index is 13.0. The number of amides is 1. The summed E-state index contributed by atoms with van der Waals surface area (Å²) >= 11 is 0. The van der Waals surface area contributed by atoms with Crippen LogP contribution >= 0.6 is 0 Å². The zero-order chi connectivity index (χ0) is 24.6. The van der Waals surface area contributed by atoms with Gasteiger partial charge in [-0.25, -0.2) is 13.2 Å². The van der Waals surface area contributed by atoms with Crippen LogP contribution in [0.5, 0.6) is 0 Å². The lowest BCUT2D eigenvalue weighted by atomic mass is 9.97. The van der Waals surface area contributed by atoms with Crippen molar-refractivity contribution in [1.29, 1.82) is 0 Å². The van der Waals surface area contributed by atoms with Gasteiger partial charge in [0.1, 0.15) is 0 Å². The summed E-state index contributed by atoms with van der Waals surface area (Å²) in [6, 6.07) is 6.48. The summed E-state index contributed by atoms with van der Waals surface area (Å²) in [4.78, 5) is 27.0. The van der Waals surface area contributed by atoms with E-state index in [0.29, 0.717) is 44.1 Å². The van der Waals surface area contributed by atoms with Crippen molar-refractivity contribution in [3.63, 3.8) is 0 Å². The van der Waals surface area contributed by atoms with E-state index >= 15 is 0 Å². The number of piperidine rings is 2. The van der Waals surface area contributed by atoms with E-state index in [1.165, 1.54) is 54.4 Å². The fourth-order valence-corrected chi connectivity index (χ4v) is 6.24. The third-order valence-electron chi connectivity index (χ3n) is 6.94. The number of unbranched alkanes of at least 4 members (excludes halogenated alkanes) is 1. The molecule has 2 aliphatic rings. The number of rotatable bonds is 10. The Kier molecular flexibility index (Phi) is 9.91. The highest BCUT2D eigenvalue weighted by atomic mass is 32.2. The number of nitrogens with one attached hydrogen (secondary N) is 1. The molecule has 190 valence electrons. The van der Waals surface area contributed by atoms with Gasteiger partial charge < -0.3 is 15.0 Å². The highest BCUT2D eigenvalue weighted by Gasteiger charge is 2.32. The molecule has 2 aliphatic heterocycles. The summed E-state index contributed by atoms with van der Waals surface area (Å²) in [5.74, 6) is -0.596. The van der Waals surface area contributed by atoms with E-state index in [1.54, 1.807) is 6.92 Å². The van der Waals surface area contributed by atoms with E-state index in [2.05, 4.69) is 17.1 Å². The van der Waals surface area contributed by atoms with E-state index < -0.39 is 16.0 Å². The molecule has 0 saturated carbocycles. The molecule has 0 spiro atoms. The number of hydrogen-bond donors (Lipinski definition) is 1. The smallest absolute Gasteiger partial charge is 0.338 e. The fraction of sp³-hybridized carbons (Fsp3) is 0.680. The standard InChI is InChI=1S/C25H39N3O5S/c1-3-33-25(30)22-9-11-23(12-10-22)34(31,32)28-18-13-21(14-19-28)24(29)26-15-5-7-17-27-16-6-4-8-20(27)2/h9-12,20-21H,3-8,13-19H2,1-2H3,(H,26,29). The van der Waals surface area contributed by atoms with Crippen LogP contribution in [0.15, 0.2) is 29.2 Å². The maximum Gasteiger partial charge on any atom is 0.338 e. The van der Waals surface area contributed by atoms with Crippen molar-refractivity contribution in [1.82, 2.24) is 14.5 Å². The number of benzene rings is 1. The molecule has 1 atom stereocenters. The van der Waals surface area contributed by atoms with E-state index in [1.807, 2.05) is 0 Å². The van der Waals surface area contributed by atoms with Gasteiger partial charge in [0.05, 0.1) is 17.1 Å². The Balaban J connectivity index is 1.39. The summed E-state index contributed by atoms with van der Waals surface area (Å²) in [5.41, 5.74) is 0.321. The van der Waals surface area contributed by atoms with Crippen LogP contribution in [0.2, 0.25) is 0 Å². The molecule has 2 heterocycles. The summed E-state index contributed by atoms with van der Waals surface area (Å²) in [7, 11) is -3.66. The first kappa shape index (κ1) is 26.6. The molecule has 3 rings (SSSR count). The lowest BCUT2D eigenvalue weighted by Gasteiger charge is -2.33. The zero-order valence-corrected chi connectivity index (χ0v) is 21.3. The quantitative estimate of drug-likeness (QED) is 0.398. The number of sulfonamides is 1. The van der Waals surface area contributed by atoms with Crippen LogP contribution in [0.1, 0.15) is 69.2 Å². The van der Waals surface area contributed by atoms with Gasteiger partial charge >= 0.3 is 5.97 Å². The van der Waals surface area contributed by atoms with Crippen LogP contribution in [0.3, 0.4) is 0 Å². The first-order valence-corrected chi connectivity index (χ1v) is 14.1. The highest BCUT2D eigenvalue weighted by Crippen LogP contribution is 2.24. The van der Waals surface area contributed by atoms with Crippen molar-refractivity contribution >= 4 is 21.9 Å². The first-order valence-electron chi connectivity index (χ1n) is 12.6. The largest absolute Gasteiger partial charge is 0.462 e. The Morgan fingerprint density at radius 3 is 2.38 bits per heavy atom. The maximum atomic E-state index is 13.0. The van der Waals surface area contributed by atoms with Gasteiger partial charge in [-0.05, 0) is 89.7 Å². The van der Waals surface area contributed by atoms with E-state index in [4.69, 9.17) is 4.74 Å². The van der Waals surface area contributed by atoms with Gasteiger partial charge in [-0.2, -0.15) is 4.31 Å². The number of nitrogens with zero attached hydrogens (tertiary/aromatic N) is 2. The molecule has 0 radical (unpaired) electrons. The van der Waals surface area contributed by atoms with Crippen LogP contribution in [0.25, 0.3) is 0 Å². The lowest BCUT2D eigenvalue weighted by Crippen LogP contribution is -2.43. The molecule has 1 aromatic rings. The van der Waals surface area contributed by atoms with E-state index in [0.717, 1.165) is 19.4 Å². The molecule has 0 bridgehead atoms. The molecule has 8 nitrogen and oxygen atoms in total. The average Bonchev–Trinajstić information content (AvgIpc) is 2.85. The number of likely N-dealkylation sites (tertiary alicyclic amines) is 1. The van der Waals surface area contributed by atoms with Crippen LogP contribution in [-0.4, -0.2) is 74.9 Å². The zero-order valence-electron chi connectivity index (χ0n) is 20.5. The van der Waals surface area contributed by atoms with Gasteiger partial charge in [0.25, 0.3) is 0 Å². The Morgan fingerprint density at radius 1 is 1.03 bits per heavy atom. The monoisotopic (exact) mass is 493 g/mol. The third kappa shape index (κ3) is 7.02. The third-order valence-corrected chi connectivity index (χ3v) is 8.85. The summed E-state index contributed by atoms with van der Waals surface area (Å²) in [6.07, 6.45) is 6.96. The first-order chi connectivity index (χ1) is 16.3. The number of esters is 1. The average molecular weight is 494 g/mol. The molecular weight excluding hydrogens is 454 g/mol.